The highest BCUT2D eigenvalue weighted by Crippen LogP contribution is 2.41. The highest BCUT2D eigenvalue weighted by molar-refractivity contribution is 6.46. The molecule has 1 fully saturated rings. The summed E-state index contributed by atoms with van der Waals surface area (Å²) in [6.45, 7) is 3.85. The summed E-state index contributed by atoms with van der Waals surface area (Å²) in [5.74, 6) is -2.00. The number of rotatable bonds is 6. The SMILES string of the molecule is CC(C)Oc1ccc(/C(O)=C2/C(=O)C(=O)N(Cc3ccncc3)C2c2ccccc2F)cc1. The van der Waals surface area contributed by atoms with E-state index in [1.807, 2.05) is 13.8 Å². The van der Waals surface area contributed by atoms with Crippen LogP contribution in [-0.4, -0.2) is 32.8 Å². The number of hydrogen-bond acceptors (Lipinski definition) is 5. The highest BCUT2D eigenvalue weighted by atomic mass is 19.1. The third-order valence-electron chi connectivity index (χ3n) is 5.34. The Labute approximate surface area is 191 Å². The van der Waals surface area contributed by atoms with Gasteiger partial charge in [-0.3, -0.25) is 14.6 Å². The van der Waals surface area contributed by atoms with Crippen LogP contribution in [0.4, 0.5) is 4.39 Å². The van der Waals surface area contributed by atoms with Crippen molar-refractivity contribution in [3.8, 4) is 5.75 Å². The molecule has 1 aromatic heterocycles. The molecule has 4 rings (SSSR count). The Kier molecular flexibility index (Phi) is 6.22. The van der Waals surface area contributed by atoms with Gasteiger partial charge in [-0.15, -0.1) is 0 Å². The first-order chi connectivity index (χ1) is 15.9. The number of aromatic nitrogens is 1. The van der Waals surface area contributed by atoms with E-state index in [-0.39, 0.29) is 29.5 Å². The molecule has 1 N–H and O–H groups in total. The first-order valence-corrected chi connectivity index (χ1v) is 10.6. The average Bonchev–Trinajstić information content (AvgIpc) is 3.04. The monoisotopic (exact) mass is 446 g/mol. The first-order valence-electron chi connectivity index (χ1n) is 10.6. The van der Waals surface area contributed by atoms with Gasteiger partial charge in [-0.1, -0.05) is 18.2 Å². The number of aliphatic hydroxyl groups is 1. The molecule has 1 atom stereocenters. The summed E-state index contributed by atoms with van der Waals surface area (Å²) in [6, 6.07) is 14.8. The fourth-order valence-electron chi connectivity index (χ4n) is 3.87. The molecule has 0 saturated carbocycles. The fourth-order valence-corrected chi connectivity index (χ4v) is 3.87. The maximum atomic E-state index is 14.8. The Morgan fingerprint density at radius 1 is 1.06 bits per heavy atom. The molecule has 2 aromatic carbocycles. The Morgan fingerprint density at radius 2 is 1.73 bits per heavy atom. The van der Waals surface area contributed by atoms with Crippen molar-refractivity contribution >= 4 is 17.4 Å². The van der Waals surface area contributed by atoms with E-state index in [9.17, 15) is 19.1 Å². The van der Waals surface area contributed by atoms with E-state index in [0.29, 0.717) is 11.3 Å². The zero-order valence-corrected chi connectivity index (χ0v) is 18.2. The van der Waals surface area contributed by atoms with Gasteiger partial charge in [-0.25, -0.2) is 4.39 Å². The number of hydrogen-bond donors (Lipinski definition) is 1. The second kappa shape index (κ2) is 9.24. The number of carbonyl (C=O) groups is 2. The molecule has 7 heteroatoms. The number of pyridine rings is 1. The molecule has 0 spiro atoms. The molecular weight excluding hydrogens is 423 g/mol. The second-order valence-corrected chi connectivity index (χ2v) is 7.99. The first kappa shape index (κ1) is 22.2. The van der Waals surface area contributed by atoms with Crippen molar-refractivity contribution in [1.82, 2.24) is 9.88 Å². The van der Waals surface area contributed by atoms with Gasteiger partial charge in [0.15, 0.2) is 0 Å². The standard InChI is InChI=1S/C26H23FN2O4/c1-16(2)33-19-9-7-18(8-10-19)24(30)22-23(20-5-3-4-6-21(20)27)29(26(32)25(22)31)15-17-11-13-28-14-12-17/h3-14,16,23,30H,15H2,1-2H3/b24-22-. The van der Waals surface area contributed by atoms with Gasteiger partial charge in [0.25, 0.3) is 11.7 Å². The lowest BCUT2D eigenvalue weighted by Gasteiger charge is -2.25. The van der Waals surface area contributed by atoms with Crippen molar-refractivity contribution in [2.75, 3.05) is 0 Å². The van der Waals surface area contributed by atoms with Gasteiger partial charge in [0, 0.05) is 30.1 Å². The lowest BCUT2D eigenvalue weighted by Crippen LogP contribution is -2.29. The third kappa shape index (κ3) is 4.48. The molecule has 1 aliphatic heterocycles. The van der Waals surface area contributed by atoms with Crippen LogP contribution in [0.2, 0.25) is 0 Å². The van der Waals surface area contributed by atoms with E-state index >= 15 is 0 Å². The van der Waals surface area contributed by atoms with Crippen LogP contribution in [0.3, 0.4) is 0 Å². The molecule has 1 aliphatic rings. The van der Waals surface area contributed by atoms with Gasteiger partial charge in [-0.05, 0) is 61.9 Å². The summed E-state index contributed by atoms with van der Waals surface area (Å²) in [5.41, 5.74) is 1.03. The number of ketones is 1. The van der Waals surface area contributed by atoms with Gasteiger partial charge < -0.3 is 14.7 Å². The predicted molar refractivity (Wildman–Crippen MR) is 121 cm³/mol. The summed E-state index contributed by atoms with van der Waals surface area (Å²) < 4.78 is 20.5. The van der Waals surface area contributed by atoms with Gasteiger partial charge in [0.2, 0.25) is 0 Å². The summed E-state index contributed by atoms with van der Waals surface area (Å²) in [5, 5.41) is 11.1. The summed E-state index contributed by atoms with van der Waals surface area (Å²) in [4.78, 5) is 31.3. The van der Waals surface area contributed by atoms with Crippen LogP contribution in [0.1, 0.15) is 36.6 Å². The van der Waals surface area contributed by atoms with E-state index in [4.69, 9.17) is 4.74 Å². The highest BCUT2D eigenvalue weighted by Gasteiger charge is 2.46. The van der Waals surface area contributed by atoms with Crippen LogP contribution in [0.15, 0.2) is 78.6 Å². The zero-order chi connectivity index (χ0) is 23.5. The summed E-state index contributed by atoms with van der Waals surface area (Å²) >= 11 is 0. The number of halogens is 1. The minimum Gasteiger partial charge on any atom is -0.507 e. The largest absolute Gasteiger partial charge is 0.507 e. The molecule has 168 valence electrons. The van der Waals surface area contributed by atoms with Gasteiger partial charge in [0.1, 0.15) is 17.3 Å². The molecule has 0 radical (unpaired) electrons. The molecule has 1 amide bonds. The maximum absolute atomic E-state index is 14.8. The van der Waals surface area contributed by atoms with Crippen molar-refractivity contribution in [2.45, 2.75) is 32.5 Å². The number of nitrogens with zero attached hydrogens (tertiary/aromatic N) is 2. The van der Waals surface area contributed by atoms with Gasteiger partial charge in [0.05, 0.1) is 17.7 Å². The summed E-state index contributed by atoms with van der Waals surface area (Å²) in [7, 11) is 0. The van der Waals surface area contributed by atoms with E-state index in [1.54, 1.807) is 54.9 Å². The molecule has 33 heavy (non-hydrogen) atoms. The number of amides is 1. The molecule has 2 heterocycles. The minimum absolute atomic E-state index is 0.0241. The maximum Gasteiger partial charge on any atom is 0.295 e. The molecule has 0 aliphatic carbocycles. The molecule has 6 nitrogen and oxygen atoms in total. The minimum atomic E-state index is -1.08. The predicted octanol–water partition coefficient (Wildman–Crippen LogP) is 4.63. The zero-order valence-electron chi connectivity index (χ0n) is 18.2. The Morgan fingerprint density at radius 3 is 2.36 bits per heavy atom. The van der Waals surface area contributed by atoms with Crippen LogP contribution in [0.5, 0.6) is 5.75 Å². The number of aliphatic hydroxyl groups excluding tert-OH is 1. The van der Waals surface area contributed by atoms with Crippen molar-refractivity contribution in [3.05, 3.63) is 101 Å². The number of likely N-dealkylation sites (tertiary alicyclic amines) is 1. The molecule has 1 saturated heterocycles. The topological polar surface area (TPSA) is 79.7 Å². The molecule has 1 unspecified atom stereocenters. The van der Waals surface area contributed by atoms with Crippen LogP contribution in [0, 0.1) is 5.82 Å². The number of carbonyl (C=O) groups excluding carboxylic acids is 2. The van der Waals surface area contributed by atoms with Gasteiger partial charge >= 0.3 is 0 Å². The lowest BCUT2D eigenvalue weighted by molar-refractivity contribution is -0.140. The second-order valence-electron chi connectivity index (χ2n) is 7.99. The van der Waals surface area contributed by atoms with Crippen molar-refractivity contribution in [1.29, 1.82) is 0 Å². The Balaban J connectivity index is 1.82. The van der Waals surface area contributed by atoms with E-state index in [0.717, 1.165) is 5.56 Å². The Hall–Kier alpha value is -4.00. The number of Topliss-reactive ketones (excluding diaryl/α,β-unsaturated/α-hetero) is 1. The molecule has 3 aromatic rings. The molecular formula is C26H23FN2O4. The van der Waals surface area contributed by atoms with Gasteiger partial charge in [-0.2, -0.15) is 0 Å². The Bertz CT molecular complexity index is 1210. The van der Waals surface area contributed by atoms with Crippen LogP contribution in [-0.2, 0) is 16.1 Å². The normalized spacial score (nSPS) is 17.6. The van der Waals surface area contributed by atoms with Crippen molar-refractivity contribution in [2.24, 2.45) is 0 Å². The number of ether oxygens (including phenoxy) is 1. The average molecular weight is 446 g/mol. The van der Waals surface area contributed by atoms with Crippen molar-refractivity contribution in [3.63, 3.8) is 0 Å². The van der Waals surface area contributed by atoms with Crippen LogP contribution < -0.4 is 4.74 Å². The third-order valence-corrected chi connectivity index (χ3v) is 5.34. The lowest BCUT2D eigenvalue weighted by atomic mass is 9.94. The fraction of sp³-hybridized carbons (Fsp3) is 0.192. The quantitative estimate of drug-likeness (QED) is 0.339. The van der Waals surface area contributed by atoms with Crippen LogP contribution >= 0.6 is 0 Å². The van der Waals surface area contributed by atoms with Crippen LogP contribution in [0.25, 0.3) is 5.76 Å². The smallest absolute Gasteiger partial charge is 0.295 e. The van der Waals surface area contributed by atoms with E-state index in [1.165, 1.54) is 23.1 Å². The van der Waals surface area contributed by atoms with E-state index < -0.39 is 23.5 Å². The van der Waals surface area contributed by atoms with E-state index in [2.05, 4.69) is 4.98 Å². The molecule has 0 bridgehead atoms. The van der Waals surface area contributed by atoms with Crippen molar-refractivity contribution < 1.29 is 23.8 Å². The number of benzene rings is 2. The summed E-state index contributed by atoms with van der Waals surface area (Å²) in [6.07, 6.45) is 3.12.